The van der Waals surface area contributed by atoms with Gasteiger partial charge in [0.25, 0.3) is 0 Å². The van der Waals surface area contributed by atoms with Crippen molar-refractivity contribution in [3.63, 3.8) is 0 Å². The predicted molar refractivity (Wildman–Crippen MR) is 257 cm³/mol. The van der Waals surface area contributed by atoms with Gasteiger partial charge in [0.2, 0.25) is 0 Å². The molecule has 0 bridgehead atoms. The quantitative estimate of drug-likeness (QED) is 0.0602. The van der Waals surface area contributed by atoms with Crippen molar-refractivity contribution in [2.24, 2.45) is 5.92 Å². The van der Waals surface area contributed by atoms with Gasteiger partial charge in [-0.15, -0.1) is 0 Å². The molecule has 0 aromatic heterocycles. The highest BCUT2D eigenvalue weighted by atomic mass is 16.5. The summed E-state index contributed by atoms with van der Waals surface area (Å²) in [6.45, 7) is 14.4. The minimum atomic E-state index is 0.0447. The number of rotatable bonds is 23. The van der Waals surface area contributed by atoms with E-state index < -0.39 is 0 Å². The number of hydrogen-bond donors (Lipinski definition) is 0. The second-order valence-corrected chi connectivity index (χ2v) is 18.2. The monoisotopic (exact) mass is 804 g/mol. The van der Waals surface area contributed by atoms with Crippen LogP contribution in [0, 0.1) is 19.8 Å². The average Bonchev–Trinajstić information content (AvgIpc) is 3.52. The Balaban J connectivity index is 1.21. The topological polar surface area (TPSA) is 21.7 Å². The Bertz CT molecular complexity index is 2130. The van der Waals surface area contributed by atoms with Crippen LogP contribution in [0.4, 0.5) is 17.1 Å². The molecular weight excluding hydrogens is 731 g/mol. The van der Waals surface area contributed by atoms with E-state index in [0.717, 1.165) is 47.3 Å². The Morgan fingerprint density at radius 3 is 1.73 bits per heavy atom. The molecule has 1 aliphatic heterocycles. The molecule has 5 aromatic carbocycles. The fraction of sp³-hybridized carbons (Fsp3) is 0.474. The lowest BCUT2D eigenvalue weighted by Gasteiger charge is -2.34. The molecule has 1 aliphatic carbocycles. The highest BCUT2D eigenvalue weighted by molar-refractivity contribution is 5.89. The van der Waals surface area contributed by atoms with Gasteiger partial charge in [0, 0.05) is 11.1 Å². The van der Waals surface area contributed by atoms with Crippen molar-refractivity contribution in [2.75, 3.05) is 11.5 Å². The fourth-order valence-corrected chi connectivity index (χ4v) is 10.0. The summed E-state index contributed by atoms with van der Waals surface area (Å²) in [6.07, 6.45) is 23.2. The second-order valence-electron chi connectivity index (χ2n) is 18.2. The van der Waals surface area contributed by atoms with Crippen LogP contribution in [-0.2, 0) is 5.41 Å². The Kier molecular flexibility index (Phi) is 15.1. The van der Waals surface area contributed by atoms with E-state index >= 15 is 0 Å². The first kappa shape index (κ1) is 43.6. The maximum absolute atomic E-state index is 6.82. The van der Waals surface area contributed by atoms with E-state index in [2.05, 4.69) is 144 Å². The van der Waals surface area contributed by atoms with Crippen LogP contribution in [0.2, 0.25) is 0 Å². The molecule has 60 heavy (non-hydrogen) atoms. The van der Waals surface area contributed by atoms with Gasteiger partial charge in [-0.05, 0) is 133 Å². The number of fused-ring (bicyclic) bond motifs is 5. The van der Waals surface area contributed by atoms with Crippen LogP contribution >= 0.6 is 0 Å². The maximum atomic E-state index is 6.82. The molecule has 0 radical (unpaired) electrons. The molecule has 3 nitrogen and oxygen atoms in total. The number of ether oxygens (including phenoxy) is 2. The molecule has 2 aliphatic rings. The summed E-state index contributed by atoms with van der Waals surface area (Å²) < 4.78 is 13.2. The number of unbranched alkanes of at least 4 members (excludes halogenated alkanes) is 11. The number of benzene rings is 5. The minimum Gasteiger partial charge on any atom is -0.493 e. The third-order valence-corrected chi connectivity index (χ3v) is 13.7. The number of anilines is 3. The molecule has 1 heterocycles. The van der Waals surface area contributed by atoms with Crippen LogP contribution < -0.4 is 14.4 Å². The molecule has 0 saturated heterocycles. The zero-order valence-electron chi connectivity index (χ0n) is 38.0. The highest BCUT2D eigenvalue weighted by Gasteiger charge is 2.42. The lowest BCUT2D eigenvalue weighted by molar-refractivity contribution is 0.233. The summed E-state index contributed by atoms with van der Waals surface area (Å²) in [4.78, 5) is 2.35. The highest BCUT2D eigenvalue weighted by Crippen LogP contribution is 2.56. The first-order chi connectivity index (χ1) is 29.4. The van der Waals surface area contributed by atoms with Crippen molar-refractivity contribution in [1.82, 2.24) is 0 Å². The molecule has 0 fully saturated rings. The van der Waals surface area contributed by atoms with Crippen molar-refractivity contribution in [3.05, 3.63) is 119 Å². The van der Waals surface area contributed by atoms with Crippen molar-refractivity contribution in [2.45, 2.75) is 163 Å². The average molecular weight is 804 g/mol. The molecular formula is C57H73NO2. The predicted octanol–water partition coefficient (Wildman–Crippen LogP) is 17.9. The fourth-order valence-electron chi connectivity index (χ4n) is 10.0. The molecule has 5 aromatic rings. The normalized spacial score (nSPS) is 13.9. The van der Waals surface area contributed by atoms with Gasteiger partial charge >= 0.3 is 0 Å². The van der Waals surface area contributed by atoms with E-state index in [1.54, 1.807) is 11.1 Å². The van der Waals surface area contributed by atoms with Crippen molar-refractivity contribution >= 4 is 17.1 Å². The zero-order chi connectivity index (χ0) is 41.9. The third-order valence-electron chi connectivity index (χ3n) is 13.7. The Morgan fingerprint density at radius 1 is 0.533 bits per heavy atom. The molecule has 3 heteroatoms. The van der Waals surface area contributed by atoms with Crippen LogP contribution in [0.5, 0.6) is 17.2 Å². The van der Waals surface area contributed by atoms with Crippen LogP contribution in [0.15, 0.2) is 97.1 Å². The zero-order valence-corrected chi connectivity index (χ0v) is 38.0. The molecule has 1 unspecified atom stereocenters. The molecule has 0 N–H and O–H groups in total. The van der Waals surface area contributed by atoms with Gasteiger partial charge < -0.3 is 14.4 Å². The Hall–Kier alpha value is -4.50. The standard InChI is InChI=1S/C57H73NO2/c1-7-11-14-16-18-20-35-57(36-21-19-17-15-12-8-2)51-37-42(5)23-31-49(51)50-32-25-45(39-52(50)57)46-26-34-54-56(40-46)60-55-38-43(6)24-33-53(55)58(54)47-27-29-48(30-28-47)59-41-44(10-4)22-13-9-3/h23-34,37-40,44H,7-22,35-36,41H2,1-6H3. The summed E-state index contributed by atoms with van der Waals surface area (Å²) in [5.41, 5.74) is 14.3. The van der Waals surface area contributed by atoms with Crippen molar-refractivity contribution in [3.8, 4) is 39.5 Å². The molecule has 0 saturated carbocycles. The summed E-state index contributed by atoms with van der Waals surface area (Å²) in [6, 6.07) is 36.7. The summed E-state index contributed by atoms with van der Waals surface area (Å²) in [7, 11) is 0. The summed E-state index contributed by atoms with van der Waals surface area (Å²) in [5, 5.41) is 0. The van der Waals surface area contributed by atoms with Gasteiger partial charge in [-0.25, -0.2) is 0 Å². The molecule has 7 rings (SSSR count). The van der Waals surface area contributed by atoms with Crippen LogP contribution in [0.3, 0.4) is 0 Å². The Morgan fingerprint density at radius 2 is 1.07 bits per heavy atom. The minimum absolute atomic E-state index is 0.0447. The van der Waals surface area contributed by atoms with E-state index in [1.165, 1.54) is 143 Å². The molecule has 1 atom stereocenters. The SMILES string of the molecule is CCCCCCCCC1(CCCCCCCC)c2cc(C)ccc2-c2ccc(-c3ccc4c(c3)Oc3cc(C)ccc3N4c3ccc(OCC(CC)CCCC)cc3)cc21. The largest absolute Gasteiger partial charge is 0.493 e. The van der Waals surface area contributed by atoms with E-state index in [4.69, 9.17) is 9.47 Å². The van der Waals surface area contributed by atoms with Gasteiger partial charge in [-0.3, -0.25) is 0 Å². The Labute approximate surface area is 363 Å². The van der Waals surface area contributed by atoms with E-state index in [1.807, 2.05) is 0 Å². The third kappa shape index (κ3) is 9.83. The molecule has 318 valence electrons. The lowest BCUT2D eigenvalue weighted by atomic mass is 9.70. The van der Waals surface area contributed by atoms with E-state index in [0.29, 0.717) is 5.92 Å². The first-order valence-corrected chi connectivity index (χ1v) is 24.1. The lowest BCUT2D eigenvalue weighted by Crippen LogP contribution is -2.25. The van der Waals surface area contributed by atoms with Gasteiger partial charge in [0.1, 0.15) is 5.75 Å². The van der Waals surface area contributed by atoms with Gasteiger partial charge in [-0.2, -0.15) is 0 Å². The molecule has 0 amide bonds. The summed E-state index contributed by atoms with van der Waals surface area (Å²) in [5.74, 6) is 3.30. The van der Waals surface area contributed by atoms with Gasteiger partial charge in [0.15, 0.2) is 11.5 Å². The van der Waals surface area contributed by atoms with Crippen molar-refractivity contribution < 1.29 is 9.47 Å². The number of nitrogens with zero attached hydrogens (tertiary/aromatic N) is 1. The summed E-state index contributed by atoms with van der Waals surface area (Å²) >= 11 is 0. The van der Waals surface area contributed by atoms with Gasteiger partial charge in [-0.1, -0.05) is 172 Å². The van der Waals surface area contributed by atoms with Gasteiger partial charge in [0.05, 0.1) is 18.0 Å². The van der Waals surface area contributed by atoms with Crippen LogP contribution in [0.25, 0.3) is 22.3 Å². The van der Waals surface area contributed by atoms with E-state index in [9.17, 15) is 0 Å². The smallest absolute Gasteiger partial charge is 0.152 e. The van der Waals surface area contributed by atoms with Crippen LogP contribution in [0.1, 0.15) is 166 Å². The maximum Gasteiger partial charge on any atom is 0.152 e. The number of hydrogen-bond acceptors (Lipinski definition) is 3. The van der Waals surface area contributed by atoms with Crippen molar-refractivity contribution in [1.29, 1.82) is 0 Å². The van der Waals surface area contributed by atoms with Crippen LogP contribution in [-0.4, -0.2) is 6.61 Å². The first-order valence-electron chi connectivity index (χ1n) is 24.1. The van der Waals surface area contributed by atoms with E-state index in [-0.39, 0.29) is 5.41 Å². The number of aryl methyl sites for hydroxylation is 2. The second kappa shape index (κ2) is 20.8. The molecule has 0 spiro atoms.